The maximum absolute atomic E-state index is 12.5. The molecule has 0 aromatic rings. The molecule has 0 aliphatic rings. The summed E-state index contributed by atoms with van der Waals surface area (Å²) in [5.74, 6) is -0.919. The lowest BCUT2D eigenvalue weighted by Gasteiger charge is -2.19. The quantitative estimate of drug-likeness (QED) is 0.0296. The van der Waals surface area contributed by atoms with Crippen molar-refractivity contribution in [1.29, 1.82) is 0 Å². The molecule has 0 saturated heterocycles. The molecular formula is C39H66NO8P. The molecule has 49 heavy (non-hydrogen) atoms. The van der Waals surface area contributed by atoms with Gasteiger partial charge in [0.15, 0.2) is 6.10 Å². The molecule has 0 saturated carbocycles. The first-order valence-corrected chi connectivity index (χ1v) is 19.9. The van der Waals surface area contributed by atoms with E-state index in [1.807, 2.05) is 6.08 Å². The average molecular weight is 708 g/mol. The molecule has 0 aliphatic carbocycles. The van der Waals surface area contributed by atoms with Crippen molar-refractivity contribution < 1.29 is 37.6 Å². The summed E-state index contributed by atoms with van der Waals surface area (Å²) in [5, 5.41) is 0. The standard InChI is InChI=1S/C39H66NO8P/c1-3-5-7-9-11-13-15-16-17-18-19-20-22-24-26-28-30-32-39(42)48-37(36-47-49(43,44)46-34-33-40)35-45-38(41)31-29-27-25-23-21-14-12-10-8-6-4-2/h5,7,10-13,16-17,19-20,24,26,37H,3-4,6,8-9,14-15,18,21-23,25,27-36,40H2,1-2H3,(H,43,44)/b7-5-,12-10-,13-11-,17-16-,20-19-,26-24-/t37-/m1/s1. The lowest BCUT2D eigenvalue weighted by molar-refractivity contribution is -0.161. The van der Waals surface area contributed by atoms with Crippen molar-refractivity contribution in [3.8, 4) is 0 Å². The van der Waals surface area contributed by atoms with E-state index in [1.165, 1.54) is 12.8 Å². The third kappa shape index (κ3) is 35.1. The Morgan fingerprint density at radius 3 is 1.76 bits per heavy atom. The highest BCUT2D eigenvalue weighted by molar-refractivity contribution is 7.47. The van der Waals surface area contributed by atoms with Crippen molar-refractivity contribution in [2.24, 2.45) is 5.73 Å². The molecule has 3 N–H and O–H groups in total. The summed E-state index contributed by atoms with van der Waals surface area (Å²) >= 11 is 0. The Balaban J connectivity index is 4.38. The second-order valence-corrected chi connectivity index (χ2v) is 13.2. The van der Waals surface area contributed by atoms with Crippen molar-refractivity contribution in [3.05, 3.63) is 72.9 Å². The lowest BCUT2D eigenvalue weighted by Crippen LogP contribution is -2.29. The molecule has 0 aromatic carbocycles. The SMILES string of the molecule is CC/C=C\C/C=C\C/C=C\C/C=C\C/C=C\CCCC(=O)O[C@H](COC(=O)CCCCCCC/C=C\CCCC)COP(=O)(O)OCCN. The first-order valence-electron chi connectivity index (χ1n) is 18.4. The van der Waals surface area contributed by atoms with Gasteiger partial charge in [-0.25, -0.2) is 4.57 Å². The average Bonchev–Trinajstić information content (AvgIpc) is 3.08. The summed E-state index contributed by atoms with van der Waals surface area (Å²) in [6.07, 6.45) is 40.9. The Hall–Kier alpha value is -2.55. The van der Waals surface area contributed by atoms with Crippen molar-refractivity contribution in [2.45, 2.75) is 136 Å². The number of esters is 2. The van der Waals surface area contributed by atoms with Crippen LogP contribution in [0.15, 0.2) is 72.9 Å². The van der Waals surface area contributed by atoms with Gasteiger partial charge in [0.25, 0.3) is 0 Å². The number of hydrogen-bond acceptors (Lipinski definition) is 8. The van der Waals surface area contributed by atoms with Crippen LogP contribution in [-0.4, -0.2) is 49.3 Å². The maximum atomic E-state index is 12.5. The van der Waals surface area contributed by atoms with Crippen LogP contribution in [0.25, 0.3) is 0 Å². The molecule has 2 atom stereocenters. The summed E-state index contributed by atoms with van der Waals surface area (Å²) in [7, 11) is -4.39. The Bertz CT molecular complexity index is 1030. The Morgan fingerprint density at radius 2 is 1.14 bits per heavy atom. The molecule has 0 bridgehead atoms. The zero-order valence-corrected chi connectivity index (χ0v) is 31.3. The summed E-state index contributed by atoms with van der Waals surface area (Å²) in [5.41, 5.74) is 5.32. The third-order valence-electron chi connectivity index (χ3n) is 7.08. The fraction of sp³-hybridized carbons (Fsp3) is 0.641. The van der Waals surface area contributed by atoms with Crippen LogP contribution in [0.1, 0.15) is 129 Å². The summed E-state index contributed by atoms with van der Waals surface area (Å²) in [6.45, 7) is 3.46. The van der Waals surface area contributed by atoms with Gasteiger partial charge in [-0.15, -0.1) is 0 Å². The molecule has 9 nitrogen and oxygen atoms in total. The van der Waals surface area contributed by atoms with Crippen LogP contribution in [0.5, 0.6) is 0 Å². The lowest BCUT2D eigenvalue weighted by atomic mass is 10.1. The minimum absolute atomic E-state index is 0.0396. The monoisotopic (exact) mass is 707 g/mol. The minimum Gasteiger partial charge on any atom is -0.462 e. The number of rotatable bonds is 33. The Kier molecular flexibility index (Phi) is 33.4. The molecule has 280 valence electrons. The Labute approximate surface area is 297 Å². The van der Waals surface area contributed by atoms with Crippen LogP contribution in [-0.2, 0) is 32.7 Å². The fourth-order valence-electron chi connectivity index (χ4n) is 4.35. The van der Waals surface area contributed by atoms with E-state index < -0.39 is 32.5 Å². The molecule has 0 rings (SSSR count). The number of phosphoric ester groups is 1. The molecule has 1 unspecified atom stereocenters. The smallest absolute Gasteiger partial charge is 0.462 e. The maximum Gasteiger partial charge on any atom is 0.472 e. The highest BCUT2D eigenvalue weighted by atomic mass is 31.2. The zero-order valence-electron chi connectivity index (χ0n) is 30.4. The zero-order chi connectivity index (χ0) is 36.1. The van der Waals surface area contributed by atoms with Gasteiger partial charge in [-0.05, 0) is 70.6 Å². The number of allylic oxidation sites excluding steroid dienone is 12. The van der Waals surface area contributed by atoms with Gasteiger partial charge >= 0.3 is 19.8 Å². The van der Waals surface area contributed by atoms with Crippen LogP contribution >= 0.6 is 7.82 Å². The van der Waals surface area contributed by atoms with E-state index in [0.717, 1.165) is 70.6 Å². The van der Waals surface area contributed by atoms with Crippen LogP contribution in [0.4, 0.5) is 0 Å². The molecular weight excluding hydrogens is 641 g/mol. The summed E-state index contributed by atoms with van der Waals surface area (Å²) < 4.78 is 32.5. The van der Waals surface area contributed by atoms with E-state index in [2.05, 4.69) is 80.7 Å². The largest absolute Gasteiger partial charge is 0.472 e. The molecule has 0 radical (unpaired) electrons. The van der Waals surface area contributed by atoms with Gasteiger partial charge in [0.1, 0.15) is 6.61 Å². The number of ether oxygens (including phenoxy) is 2. The second-order valence-electron chi connectivity index (χ2n) is 11.7. The molecule has 0 amide bonds. The van der Waals surface area contributed by atoms with E-state index in [4.69, 9.17) is 24.3 Å². The number of carbonyl (C=O) groups is 2. The molecule has 10 heteroatoms. The van der Waals surface area contributed by atoms with Gasteiger partial charge in [0.2, 0.25) is 0 Å². The van der Waals surface area contributed by atoms with E-state index in [1.54, 1.807) is 0 Å². The highest BCUT2D eigenvalue weighted by Gasteiger charge is 2.25. The van der Waals surface area contributed by atoms with Crippen LogP contribution in [0.3, 0.4) is 0 Å². The van der Waals surface area contributed by atoms with Gasteiger partial charge in [0.05, 0.1) is 13.2 Å². The predicted molar refractivity (Wildman–Crippen MR) is 201 cm³/mol. The molecule has 0 aliphatic heterocycles. The van der Waals surface area contributed by atoms with E-state index >= 15 is 0 Å². The second kappa shape index (κ2) is 35.3. The van der Waals surface area contributed by atoms with Crippen LogP contribution in [0, 0.1) is 0 Å². The first-order chi connectivity index (χ1) is 23.8. The normalized spacial score (nSPS) is 14.3. The number of carbonyl (C=O) groups excluding carboxylic acids is 2. The van der Waals surface area contributed by atoms with Crippen molar-refractivity contribution in [3.63, 3.8) is 0 Å². The Morgan fingerprint density at radius 1 is 0.633 bits per heavy atom. The van der Waals surface area contributed by atoms with Gasteiger partial charge in [0, 0.05) is 19.4 Å². The highest BCUT2D eigenvalue weighted by Crippen LogP contribution is 2.43. The van der Waals surface area contributed by atoms with Gasteiger partial charge < -0.3 is 20.1 Å². The molecule has 0 aromatic heterocycles. The van der Waals surface area contributed by atoms with E-state index in [-0.39, 0.29) is 32.6 Å². The number of hydrogen-bond donors (Lipinski definition) is 2. The predicted octanol–water partition coefficient (Wildman–Crippen LogP) is 9.93. The van der Waals surface area contributed by atoms with Crippen LogP contribution < -0.4 is 5.73 Å². The fourth-order valence-corrected chi connectivity index (χ4v) is 5.12. The first kappa shape index (κ1) is 46.5. The third-order valence-corrected chi connectivity index (χ3v) is 8.06. The van der Waals surface area contributed by atoms with E-state index in [0.29, 0.717) is 19.3 Å². The summed E-state index contributed by atoms with van der Waals surface area (Å²) in [6, 6.07) is 0. The number of phosphoric acid groups is 1. The minimum atomic E-state index is -4.39. The van der Waals surface area contributed by atoms with Gasteiger partial charge in [-0.1, -0.05) is 119 Å². The topological polar surface area (TPSA) is 134 Å². The van der Waals surface area contributed by atoms with Crippen molar-refractivity contribution in [2.75, 3.05) is 26.4 Å². The van der Waals surface area contributed by atoms with Crippen LogP contribution in [0.2, 0.25) is 0 Å². The number of unbranched alkanes of at least 4 members (excludes halogenated alkanes) is 8. The molecule has 0 heterocycles. The van der Waals surface area contributed by atoms with E-state index in [9.17, 15) is 19.0 Å². The van der Waals surface area contributed by atoms with Crippen molar-refractivity contribution in [1.82, 2.24) is 0 Å². The van der Waals surface area contributed by atoms with Crippen molar-refractivity contribution >= 4 is 19.8 Å². The summed E-state index contributed by atoms with van der Waals surface area (Å²) in [4.78, 5) is 34.6. The molecule has 0 spiro atoms. The van der Waals surface area contributed by atoms with Gasteiger partial charge in [-0.3, -0.25) is 18.6 Å². The molecule has 0 fully saturated rings. The van der Waals surface area contributed by atoms with Gasteiger partial charge in [-0.2, -0.15) is 0 Å². The number of nitrogens with two attached hydrogens (primary N) is 1.